The van der Waals surface area contributed by atoms with E-state index in [-0.39, 0.29) is 5.97 Å². The molecule has 0 radical (unpaired) electrons. The lowest BCUT2D eigenvalue weighted by Gasteiger charge is -2.05. The van der Waals surface area contributed by atoms with Crippen molar-refractivity contribution in [1.82, 2.24) is 10.3 Å². The molecule has 1 aromatic rings. The van der Waals surface area contributed by atoms with E-state index in [0.717, 1.165) is 30.1 Å². The van der Waals surface area contributed by atoms with Gasteiger partial charge in [-0.1, -0.05) is 20.3 Å². The van der Waals surface area contributed by atoms with Crippen LogP contribution in [0.25, 0.3) is 0 Å². The van der Waals surface area contributed by atoms with Gasteiger partial charge in [-0.2, -0.15) is 0 Å². The number of rotatable bonds is 6. The number of thiazole rings is 1. The minimum Gasteiger partial charge on any atom is -0.465 e. The summed E-state index contributed by atoms with van der Waals surface area (Å²) >= 11 is 1.45. The first-order valence-electron chi connectivity index (χ1n) is 5.86. The molecule has 0 fully saturated rings. The summed E-state index contributed by atoms with van der Waals surface area (Å²) in [5.74, 6) is 0.0490. The highest BCUT2D eigenvalue weighted by atomic mass is 32.1. The summed E-state index contributed by atoms with van der Waals surface area (Å²) in [5.41, 5.74) is 0.877. The lowest BCUT2D eigenvalue weighted by molar-refractivity contribution is 0.0605. The zero-order valence-electron chi connectivity index (χ0n) is 10.9. The number of hydrogen-bond acceptors (Lipinski definition) is 5. The van der Waals surface area contributed by atoms with Gasteiger partial charge >= 0.3 is 5.97 Å². The molecule has 96 valence electrons. The Balaban J connectivity index is 2.98. The monoisotopic (exact) mass is 256 g/mol. The Labute approximate surface area is 106 Å². The number of carbonyl (C=O) groups excluding carboxylic acids is 1. The molecule has 0 amide bonds. The topological polar surface area (TPSA) is 51.2 Å². The van der Waals surface area contributed by atoms with Gasteiger partial charge in [-0.15, -0.1) is 11.3 Å². The lowest BCUT2D eigenvalue weighted by atomic mass is 10.2. The van der Waals surface area contributed by atoms with Gasteiger partial charge in [-0.3, -0.25) is 0 Å². The second-order valence-corrected chi connectivity index (χ2v) is 5.06. The van der Waals surface area contributed by atoms with Crippen molar-refractivity contribution in [2.24, 2.45) is 0 Å². The number of aromatic nitrogens is 1. The maximum Gasteiger partial charge on any atom is 0.349 e. The van der Waals surface area contributed by atoms with Crippen LogP contribution in [0, 0.1) is 0 Å². The van der Waals surface area contributed by atoms with E-state index in [0.29, 0.717) is 10.8 Å². The Morgan fingerprint density at radius 3 is 2.82 bits per heavy atom. The Morgan fingerprint density at radius 2 is 2.29 bits per heavy atom. The van der Waals surface area contributed by atoms with E-state index in [1.807, 2.05) is 7.05 Å². The average Bonchev–Trinajstić information content (AvgIpc) is 2.73. The molecule has 1 unspecified atom stereocenters. The standard InChI is InChI=1S/C12H20N2O2S/c1-5-6-9-10(12(15)16-4)17-11(14-9)8(2)7-13-3/h8,13H,5-7H2,1-4H3. The molecule has 0 aliphatic rings. The fraction of sp³-hybridized carbons (Fsp3) is 0.667. The molecular formula is C12H20N2O2S. The van der Waals surface area contributed by atoms with Crippen LogP contribution in [0.2, 0.25) is 0 Å². The van der Waals surface area contributed by atoms with E-state index in [1.54, 1.807) is 0 Å². The van der Waals surface area contributed by atoms with Crippen LogP contribution in [0.1, 0.15) is 46.6 Å². The third-order valence-electron chi connectivity index (χ3n) is 2.50. The third-order valence-corrected chi connectivity index (χ3v) is 3.81. The van der Waals surface area contributed by atoms with Gasteiger partial charge in [0.25, 0.3) is 0 Å². The Kier molecular flexibility index (Phi) is 5.58. The minimum atomic E-state index is -0.270. The Hall–Kier alpha value is -0.940. The van der Waals surface area contributed by atoms with Crippen LogP contribution in [-0.2, 0) is 11.2 Å². The number of esters is 1. The second kappa shape index (κ2) is 6.71. The smallest absolute Gasteiger partial charge is 0.349 e. The highest BCUT2D eigenvalue weighted by Crippen LogP contribution is 2.26. The molecule has 1 rings (SSSR count). The third kappa shape index (κ3) is 3.51. The van der Waals surface area contributed by atoms with Crippen LogP contribution in [0.15, 0.2) is 0 Å². The fourth-order valence-corrected chi connectivity index (χ4v) is 2.71. The summed E-state index contributed by atoms with van der Waals surface area (Å²) in [5, 5.41) is 4.12. The van der Waals surface area contributed by atoms with E-state index >= 15 is 0 Å². The first-order chi connectivity index (χ1) is 8.13. The summed E-state index contributed by atoms with van der Waals surface area (Å²) in [7, 11) is 3.33. The number of likely N-dealkylation sites (N-methyl/N-ethyl adjacent to an activating group) is 1. The van der Waals surface area contributed by atoms with Crippen LogP contribution < -0.4 is 5.32 Å². The summed E-state index contributed by atoms with van der Waals surface area (Å²) in [4.78, 5) is 16.9. The number of nitrogens with zero attached hydrogens (tertiary/aromatic N) is 1. The van der Waals surface area contributed by atoms with Crippen LogP contribution in [-0.4, -0.2) is 31.7 Å². The van der Waals surface area contributed by atoms with Crippen LogP contribution in [0.5, 0.6) is 0 Å². The van der Waals surface area contributed by atoms with Crippen molar-refractivity contribution < 1.29 is 9.53 Å². The molecule has 5 heteroatoms. The molecule has 0 aromatic carbocycles. The van der Waals surface area contributed by atoms with Crippen molar-refractivity contribution in [3.63, 3.8) is 0 Å². The number of nitrogens with one attached hydrogen (secondary N) is 1. The van der Waals surface area contributed by atoms with Gasteiger partial charge in [0.1, 0.15) is 4.88 Å². The van der Waals surface area contributed by atoms with Gasteiger partial charge in [-0.25, -0.2) is 9.78 Å². The summed E-state index contributed by atoms with van der Waals surface area (Å²) in [6, 6.07) is 0. The molecule has 1 heterocycles. The second-order valence-electron chi connectivity index (χ2n) is 4.03. The summed E-state index contributed by atoms with van der Waals surface area (Å²) in [6.07, 6.45) is 1.81. The van der Waals surface area contributed by atoms with Crippen LogP contribution in [0.3, 0.4) is 0 Å². The molecule has 17 heavy (non-hydrogen) atoms. The Morgan fingerprint density at radius 1 is 1.59 bits per heavy atom. The highest BCUT2D eigenvalue weighted by Gasteiger charge is 2.20. The summed E-state index contributed by atoms with van der Waals surface area (Å²) in [6.45, 7) is 5.04. The van der Waals surface area contributed by atoms with Gasteiger partial charge in [0.05, 0.1) is 17.8 Å². The predicted molar refractivity (Wildman–Crippen MR) is 69.8 cm³/mol. The molecule has 0 bridgehead atoms. The van der Waals surface area contributed by atoms with Crippen molar-refractivity contribution in [3.05, 3.63) is 15.6 Å². The normalized spacial score (nSPS) is 12.5. The number of aryl methyl sites for hydroxylation is 1. The van der Waals surface area contributed by atoms with Crippen molar-refractivity contribution in [3.8, 4) is 0 Å². The van der Waals surface area contributed by atoms with E-state index in [9.17, 15) is 4.79 Å². The molecule has 0 aliphatic heterocycles. The van der Waals surface area contributed by atoms with Crippen molar-refractivity contribution in [2.75, 3.05) is 20.7 Å². The molecule has 0 saturated heterocycles. The maximum atomic E-state index is 11.6. The highest BCUT2D eigenvalue weighted by molar-refractivity contribution is 7.13. The van der Waals surface area contributed by atoms with Crippen LogP contribution >= 0.6 is 11.3 Å². The number of methoxy groups -OCH3 is 1. The van der Waals surface area contributed by atoms with Gasteiger partial charge < -0.3 is 10.1 Å². The summed E-state index contributed by atoms with van der Waals surface area (Å²) < 4.78 is 4.79. The van der Waals surface area contributed by atoms with E-state index < -0.39 is 0 Å². The lowest BCUT2D eigenvalue weighted by Crippen LogP contribution is -2.14. The van der Waals surface area contributed by atoms with Gasteiger partial charge in [0, 0.05) is 12.5 Å². The fourth-order valence-electron chi connectivity index (χ4n) is 1.63. The molecular weight excluding hydrogens is 236 g/mol. The maximum absolute atomic E-state index is 11.6. The molecule has 4 nitrogen and oxygen atoms in total. The molecule has 0 aliphatic carbocycles. The van der Waals surface area contributed by atoms with Crippen LogP contribution in [0.4, 0.5) is 0 Å². The van der Waals surface area contributed by atoms with E-state index in [4.69, 9.17) is 4.74 Å². The van der Waals surface area contributed by atoms with Gasteiger partial charge in [0.15, 0.2) is 0 Å². The molecule has 1 N–H and O–H groups in total. The first kappa shape index (κ1) is 14.1. The van der Waals surface area contributed by atoms with Crippen molar-refractivity contribution >= 4 is 17.3 Å². The molecule has 0 spiro atoms. The van der Waals surface area contributed by atoms with E-state index in [1.165, 1.54) is 18.4 Å². The average molecular weight is 256 g/mol. The molecule has 1 atom stereocenters. The van der Waals surface area contributed by atoms with Crippen molar-refractivity contribution in [2.45, 2.75) is 32.6 Å². The van der Waals surface area contributed by atoms with Gasteiger partial charge in [0.2, 0.25) is 0 Å². The van der Waals surface area contributed by atoms with Crippen molar-refractivity contribution in [1.29, 1.82) is 0 Å². The number of ether oxygens (including phenoxy) is 1. The predicted octanol–water partition coefficient (Wildman–Crippen LogP) is 2.21. The van der Waals surface area contributed by atoms with Gasteiger partial charge in [-0.05, 0) is 13.5 Å². The largest absolute Gasteiger partial charge is 0.465 e. The van der Waals surface area contributed by atoms with E-state index in [2.05, 4.69) is 24.1 Å². The number of carbonyl (C=O) groups is 1. The minimum absolute atomic E-state index is 0.270. The quantitative estimate of drug-likeness (QED) is 0.793. The molecule has 0 saturated carbocycles. The Bertz CT molecular complexity index is 377. The molecule has 1 aromatic heterocycles. The zero-order chi connectivity index (χ0) is 12.8. The first-order valence-corrected chi connectivity index (χ1v) is 6.68. The number of hydrogen-bond donors (Lipinski definition) is 1. The zero-order valence-corrected chi connectivity index (χ0v) is 11.7. The SMILES string of the molecule is CCCc1nc(C(C)CNC)sc1C(=O)OC.